The van der Waals surface area contributed by atoms with E-state index in [0.717, 1.165) is 18.5 Å². The monoisotopic (exact) mass is 502 g/mol. The zero-order valence-electron chi connectivity index (χ0n) is 19.7. The van der Waals surface area contributed by atoms with Gasteiger partial charge >= 0.3 is 0 Å². The van der Waals surface area contributed by atoms with Crippen molar-refractivity contribution >= 4 is 17.2 Å². The molecule has 0 spiro atoms. The highest BCUT2D eigenvalue weighted by Gasteiger charge is 2.61. The molecule has 0 radical (unpaired) electrons. The van der Waals surface area contributed by atoms with Crippen LogP contribution in [0.1, 0.15) is 55.2 Å². The number of nitrogens with zero attached hydrogens (tertiary/aromatic N) is 3. The van der Waals surface area contributed by atoms with Gasteiger partial charge in [-0.2, -0.15) is 0 Å². The first-order valence-electron chi connectivity index (χ1n) is 11.9. The predicted octanol–water partition coefficient (Wildman–Crippen LogP) is 3.88. The molecule has 36 heavy (non-hydrogen) atoms. The van der Waals surface area contributed by atoms with Crippen LogP contribution in [-0.4, -0.2) is 50.8 Å². The number of rotatable bonds is 7. The second kappa shape index (κ2) is 7.83. The SMILES string of the molecule is C[C@H](Oc1cc2nc(C34COC(C)(C3)C4)cn2cc1C(=O)Nc1cccn(C2C[C@H]2F)c1=O)C(F)F. The van der Waals surface area contributed by atoms with Gasteiger partial charge < -0.3 is 23.8 Å². The van der Waals surface area contributed by atoms with E-state index in [-0.39, 0.29) is 34.4 Å². The number of hydrogen-bond acceptors (Lipinski definition) is 5. The number of nitrogens with one attached hydrogen (secondary N) is 1. The van der Waals surface area contributed by atoms with Crippen LogP contribution in [0.4, 0.5) is 18.9 Å². The summed E-state index contributed by atoms with van der Waals surface area (Å²) in [6.45, 7) is 3.81. The van der Waals surface area contributed by atoms with Crippen LogP contribution in [0.25, 0.3) is 5.65 Å². The predicted molar refractivity (Wildman–Crippen MR) is 124 cm³/mol. The minimum atomic E-state index is -2.77. The maximum Gasteiger partial charge on any atom is 0.274 e. The fourth-order valence-electron chi connectivity index (χ4n) is 5.44. The van der Waals surface area contributed by atoms with Gasteiger partial charge in [-0.25, -0.2) is 18.2 Å². The lowest BCUT2D eigenvalue weighted by molar-refractivity contribution is 0.0154. The molecule has 2 bridgehead atoms. The number of ether oxygens (including phenoxy) is 2. The number of amides is 1. The van der Waals surface area contributed by atoms with E-state index in [1.165, 1.54) is 36.0 Å². The Hall–Kier alpha value is -3.34. The Morgan fingerprint density at radius 1 is 1.33 bits per heavy atom. The number of fused-ring (bicyclic) bond motifs is 2. The third-order valence-corrected chi connectivity index (χ3v) is 7.39. The van der Waals surface area contributed by atoms with Crippen LogP contribution in [0, 0.1) is 0 Å². The Labute approximate surface area is 204 Å². The van der Waals surface area contributed by atoms with Gasteiger partial charge in [0.15, 0.2) is 6.10 Å². The zero-order chi connectivity index (χ0) is 25.4. The molecule has 8 nitrogen and oxygen atoms in total. The van der Waals surface area contributed by atoms with Gasteiger partial charge in [0.2, 0.25) is 0 Å². The van der Waals surface area contributed by atoms with Crippen LogP contribution in [0.5, 0.6) is 5.75 Å². The lowest BCUT2D eigenvalue weighted by atomic mass is 9.62. The van der Waals surface area contributed by atoms with E-state index in [2.05, 4.69) is 17.2 Å². The van der Waals surface area contributed by atoms with Crippen molar-refractivity contribution in [2.75, 3.05) is 11.9 Å². The van der Waals surface area contributed by atoms with Gasteiger partial charge in [-0.3, -0.25) is 9.59 Å². The molecule has 0 aromatic carbocycles. The van der Waals surface area contributed by atoms with E-state index in [9.17, 15) is 22.8 Å². The summed E-state index contributed by atoms with van der Waals surface area (Å²) in [5.41, 5.74) is 0.272. The number of carbonyl (C=O) groups excluding carboxylic acids is 1. The van der Waals surface area contributed by atoms with Gasteiger partial charge in [-0.15, -0.1) is 0 Å². The molecular weight excluding hydrogens is 477 g/mol. The van der Waals surface area contributed by atoms with Gasteiger partial charge in [0.05, 0.1) is 29.5 Å². The summed E-state index contributed by atoms with van der Waals surface area (Å²) >= 11 is 0. The third-order valence-electron chi connectivity index (χ3n) is 7.39. The Morgan fingerprint density at radius 2 is 2.08 bits per heavy atom. The average molecular weight is 502 g/mol. The van der Waals surface area contributed by atoms with Gasteiger partial charge in [-0.05, 0) is 38.8 Å². The highest BCUT2D eigenvalue weighted by Crippen LogP contribution is 2.58. The minimum absolute atomic E-state index is 0.0397. The Kier molecular flexibility index (Phi) is 5.02. The summed E-state index contributed by atoms with van der Waals surface area (Å²) in [6.07, 6.45) is 1.30. The Balaban J connectivity index is 1.36. The average Bonchev–Trinajstić information content (AvgIpc) is 3.12. The molecule has 2 saturated carbocycles. The van der Waals surface area contributed by atoms with Gasteiger partial charge in [0.25, 0.3) is 17.9 Å². The van der Waals surface area contributed by atoms with Crippen LogP contribution in [0.3, 0.4) is 0 Å². The van der Waals surface area contributed by atoms with Crippen LogP contribution in [-0.2, 0) is 10.2 Å². The number of pyridine rings is 2. The maximum atomic E-state index is 13.5. The van der Waals surface area contributed by atoms with Crippen molar-refractivity contribution in [2.24, 2.45) is 0 Å². The normalized spacial score (nSPS) is 29.3. The second-order valence-corrected chi connectivity index (χ2v) is 10.4. The Morgan fingerprint density at radius 3 is 2.72 bits per heavy atom. The summed E-state index contributed by atoms with van der Waals surface area (Å²) in [6, 6.07) is 3.85. The number of hydrogen-bond donors (Lipinski definition) is 1. The highest BCUT2D eigenvalue weighted by molar-refractivity contribution is 6.06. The lowest BCUT2D eigenvalue weighted by Crippen LogP contribution is -2.45. The van der Waals surface area contributed by atoms with E-state index < -0.39 is 36.2 Å². The number of anilines is 1. The summed E-state index contributed by atoms with van der Waals surface area (Å²) in [4.78, 5) is 30.7. The van der Waals surface area contributed by atoms with Crippen molar-refractivity contribution in [3.63, 3.8) is 0 Å². The van der Waals surface area contributed by atoms with E-state index in [1.54, 1.807) is 10.5 Å². The number of halogens is 3. The summed E-state index contributed by atoms with van der Waals surface area (Å²) in [7, 11) is 0. The topological polar surface area (TPSA) is 86.9 Å². The molecular formula is C25H25F3N4O4. The fourth-order valence-corrected chi connectivity index (χ4v) is 5.44. The molecule has 3 aromatic heterocycles. The molecule has 7 rings (SSSR count). The molecule has 3 atom stereocenters. The molecule has 4 fully saturated rings. The van der Waals surface area contributed by atoms with Crippen molar-refractivity contribution in [3.8, 4) is 5.75 Å². The molecule has 2 aliphatic carbocycles. The molecule has 190 valence electrons. The minimum Gasteiger partial charge on any atom is -0.484 e. The number of aromatic nitrogens is 3. The number of carbonyl (C=O) groups is 1. The van der Waals surface area contributed by atoms with E-state index in [0.29, 0.717) is 12.3 Å². The van der Waals surface area contributed by atoms with Crippen LogP contribution >= 0.6 is 0 Å². The van der Waals surface area contributed by atoms with Crippen molar-refractivity contribution in [1.82, 2.24) is 14.0 Å². The van der Waals surface area contributed by atoms with Crippen molar-refractivity contribution in [3.05, 3.63) is 58.4 Å². The molecule has 1 unspecified atom stereocenters. The van der Waals surface area contributed by atoms with E-state index in [4.69, 9.17) is 9.47 Å². The summed E-state index contributed by atoms with van der Waals surface area (Å²) in [5.74, 6) is -0.796. The van der Waals surface area contributed by atoms with Crippen LogP contribution in [0.2, 0.25) is 0 Å². The van der Waals surface area contributed by atoms with Crippen molar-refractivity contribution in [2.45, 2.75) is 68.9 Å². The maximum absolute atomic E-state index is 13.5. The summed E-state index contributed by atoms with van der Waals surface area (Å²) in [5, 5.41) is 2.54. The molecule has 1 amide bonds. The van der Waals surface area contributed by atoms with Crippen molar-refractivity contribution < 1.29 is 27.4 Å². The number of imidazole rings is 1. The molecule has 3 aromatic rings. The van der Waals surface area contributed by atoms with Gasteiger partial charge in [-0.1, -0.05) is 0 Å². The van der Waals surface area contributed by atoms with E-state index in [1.807, 2.05) is 6.20 Å². The van der Waals surface area contributed by atoms with Gasteiger partial charge in [0.1, 0.15) is 23.3 Å². The van der Waals surface area contributed by atoms with Gasteiger partial charge in [0, 0.05) is 36.5 Å². The molecule has 1 N–H and O–H groups in total. The lowest BCUT2D eigenvalue weighted by Gasteiger charge is -2.41. The molecule has 11 heteroatoms. The highest BCUT2D eigenvalue weighted by atomic mass is 19.3. The summed E-state index contributed by atoms with van der Waals surface area (Å²) < 4.78 is 54.3. The molecule has 5 heterocycles. The molecule has 4 aliphatic rings. The Bertz CT molecular complexity index is 1430. The van der Waals surface area contributed by atoms with Crippen LogP contribution in [0.15, 0.2) is 41.6 Å². The smallest absolute Gasteiger partial charge is 0.274 e. The van der Waals surface area contributed by atoms with Crippen LogP contribution < -0.4 is 15.6 Å². The largest absolute Gasteiger partial charge is 0.484 e. The first-order valence-corrected chi connectivity index (χ1v) is 11.9. The first-order chi connectivity index (χ1) is 17.1. The molecule has 2 saturated heterocycles. The molecule has 2 aliphatic heterocycles. The first kappa shape index (κ1) is 23.1. The van der Waals surface area contributed by atoms with Crippen molar-refractivity contribution in [1.29, 1.82) is 0 Å². The van der Waals surface area contributed by atoms with E-state index >= 15 is 0 Å². The fraction of sp³-hybridized carbons (Fsp3) is 0.480. The number of alkyl halides is 3. The standard InChI is InChI=1S/C25H25F3N4O4/c1-13(21(27)28)36-18-7-20-30-19(25-10-24(2,11-25)35-12-25)9-31(20)8-14(18)22(33)29-16-4-3-5-32(23(16)34)17-6-15(17)26/h3-5,7-9,13,15,17,21H,6,10-12H2,1-2H3,(H,29,33)/t13-,15+,17?,24?,25?/m0/s1. The quantitative estimate of drug-likeness (QED) is 0.530. The third kappa shape index (κ3) is 3.68. The zero-order valence-corrected chi connectivity index (χ0v) is 19.7. The second-order valence-electron chi connectivity index (χ2n) is 10.4.